The third kappa shape index (κ3) is 4.47. The largest absolute Gasteiger partial charge is 0.341 e. The molecule has 1 amide bonds. The van der Waals surface area contributed by atoms with Gasteiger partial charge in [-0.15, -0.1) is 0 Å². The standard InChI is InChI=1S/C15H24N4O/c1-15(2,3)9-13(20)18-12-10-16-14(17-11-12)19-7-5-4-6-8-19/h10-11H,4-9H2,1-3H3,(H,18,20). The Bertz CT molecular complexity index is 444. The van der Waals surface area contributed by atoms with Crippen molar-refractivity contribution in [3.8, 4) is 0 Å². The fraction of sp³-hybridized carbons (Fsp3) is 0.667. The zero-order valence-electron chi connectivity index (χ0n) is 12.6. The second kappa shape index (κ2) is 6.20. The topological polar surface area (TPSA) is 58.1 Å². The molecule has 1 aliphatic rings. The van der Waals surface area contributed by atoms with E-state index < -0.39 is 0 Å². The highest BCUT2D eigenvalue weighted by Gasteiger charge is 2.17. The van der Waals surface area contributed by atoms with Crippen molar-refractivity contribution in [2.45, 2.75) is 46.5 Å². The monoisotopic (exact) mass is 276 g/mol. The minimum absolute atomic E-state index is 0.00632. The van der Waals surface area contributed by atoms with Gasteiger partial charge in [0.25, 0.3) is 0 Å². The summed E-state index contributed by atoms with van der Waals surface area (Å²) in [5.41, 5.74) is 0.651. The summed E-state index contributed by atoms with van der Waals surface area (Å²) in [5, 5.41) is 2.85. The van der Waals surface area contributed by atoms with E-state index in [1.807, 2.05) is 20.8 Å². The van der Waals surface area contributed by atoms with Crippen LogP contribution in [0.2, 0.25) is 0 Å². The molecule has 2 rings (SSSR count). The average Bonchev–Trinajstić information content (AvgIpc) is 2.38. The molecule has 1 saturated heterocycles. The van der Waals surface area contributed by atoms with Gasteiger partial charge in [0.05, 0.1) is 18.1 Å². The van der Waals surface area contributed by atoms with E-state index in [2.05, 4.69) is 20.2 Å². The molecule has 0 spiro atoms. The van der Waals surface area contributed by atoms with Crippen LogP contribution in [0.4, 0.5) is 11.6 Å². The van der Waals surface area contributed by atoms with Crippen LogP contribution in [0.5, 0.6) is 0 Å². The summed E-state index contributed by atoms with van der Waals surface area (Å²) in [6.07, 6.45) is 7.56. The number of carbonyl (C=O) groups is 1. The van der Waals surface area contributed by atoms with E-state index in [0.29, 0.717) is 12.1 Å². The Labute approximate surface area is 120 Å². The second-order valence-electron chi connectivity index (χ2n) is 6.61. The molecule has 0 saturated carbocycles. The Morgan fingerprint density at radius 2 is 1.80 bits per heavy atom. The predicted octanol–water partition coefficient (Wildman–Crippen LogP) is 2.84. The maximum atomic E-state index is 11.8. The summed E-state index contributed by atoms with van der Waals surface area (Å²) >= 11 is 0. The Hall–Kier alpha value is -1.65. The number of hydrogen-bond acceptors (Lipinski definition) is 4. The molecule has 0 unspecified atom stereocenters. The maximum absolute atomic E-state index is 11.8. The highest BCUT2D eigenvalue weighted by Crippen LogP contribution is 2.20. The summed E-state index contributed by atoms with van der Waals surface area (Å²) in [6.45, 7) is 8.18. The molecule has 0 aromatic carbocycles. The van der Waals surface area contributed by atoms with Crippen molar-refractivity contribution in [2.75, 3.05) is 23.3 Å². The number of carbonyl (C=O) groups excluding carboxylic acids is 1. The zero-order chi connectivity index (χ0) is 14.6. The van der Waals surface area contributed by atoms with Crippen LogP contribution in [0.1, 0.15) is 46.5 Å². The van der Waals surface area contributed by atoms with Crippen molar-refractivity contribution >= 4 is 17.5 Å². The third-order valence-electron chi connectivity index (χ3n) is 3.25. The molecule has 20 heavy (non-hydrogen) atoms. The molecule has 1 aliphatic heterocycles. The third-order valence-corrected chi connectivity index (χ3v) is 3.25. The lowest BCUT2D eigenvalue weighted by Gasteiger charge is -2.26. The molecule has 0 radical (unpaired) electrons. The molecular weight excluding hydrogens is 252 g/mol. The van der Waals surface area contributed by atoms with Crippen molar-refractivity contribution in [3.05, 3.63) is 12.4 Å². The van der Waals surface area contributed by atoms with E-state index in [0.717, 1.165) is 19.0 Å². The predicted molar refractivity (Wildman–Crippen MR) is 80.8 cm³/mol. The number of hydrogen-bond donors (Lipinski definition) is 1. The highest BCUT2D eigenvalue weighted by atomic mass is 16.1. The van der Waals surface area contributed by atoms with E-state index in [1.54, 1.807) is 12.4 Å². The first-order valence-electron chi connectivity index (χ1n) is 7.31. The Morgan fingerprint density at radius 1 is 1.20 bits per heavy atom. The van der Waals surface area contributed by atoms with E-state index in [1.165, 1.54) is 19.3 Å². The van der Waals surface area contributed by atoms with Gasteiger partial charge in [-0.25, -0.2) is 9.97 Å². The number of nitrogens with one attached hydrogen (secondary N) is 1. The SMILES string of the molecule is CC(C)(C)CC(=O)Nc1cnc(N2CCCCC2)nc1. The first kappa shape index (κ1) is 14.8. The van der Waals surface area contributed by atoms with E-state index in [-0.39, 0.29) is 11.3 Å². The molecule has 1 aromatic heterocycles. The summed E-state index contributed by atoms with van der Waals surface area (Å²) in [5.74, 6) is 0.769. The van der Waals surface area contributed by atoms with Crippen LogP contribution in [0.3, 0.4) is 0 Å². The van der Waals surface area contributed by atoms with Crippen LogP contribution >= 0.6 is 0 Å². The van der Waals surface area contributed by atoms with Crippen LogP contribution in [-0.4, -0.2) is 29.0 Å². The number of rotatable bonds is 3. The summed E-state index contributed by atoms with van der Waals surface area (Å²) in [6, 6.07) is 0. The first-order valence-corrected chi connectivity index (χ1v) is 7.31. The normalized spacial score (nSPS) is 16.1. The van der Waals surface area contributed by atoms with Crippen LogP contribution in [0.15, 0.2) is 12.4 Å². The summed E-state index contributed by atoms with van der Waals surface area (Å²) < 4.78 is 0. The molecule has 110 valence electrons. The minimum atomic E-state index is -0.0152. The summed E-state index contributed by atoms with van der Waals surface area (Å²) in [4.78, 5) is 22.7. The molecule has 0 aliphatic carbocycles. The van der Waals surface area contributed by atoms with E-state index in [9.17, 15) is 4.79 Å². The number of anilines is 2. The number of aromatic nitrogens is 2. The van der Waals surface area contributed by atoms with Crippen molar-refractivity contribution in [3.63, 3.8) is 0 Å². The Kier molecular flexibility index (Phi) is 4.57. The number of piperidine rings is 1. The minimum Gasteiger partial charge on any atom is -0.341 e. The lowest BCUT2D eigenvalue weighted by atomic mass is 9.92. The Morgan fingerprint density at radius 3 is 2.35 bits per heavy atom. The van der Waals surface area contributed by atoms with Gasteiger partial charge in [-0.05, 0) is 24.7 Å². The summed E-state index contributed by atoms with van der Waals surface area (Å²) in [7, 11) is 0. The molecule has 2 heterocycles. The molecule has 0 bridgehead atoms. The smallest absolute Gasteiger partial charge is 0.225 e. The second-order valence-corrected chi connectivity index (χ2v) is 6.61. The van der Waals surface area contributed by atoms with E-state index >= 15 is 0 Å². The fourth-order valence-corrected chi connectivity index (χ4v) is 2.33. The van der Waals surface area contributed by atoms with Gasteiger partial charge in [-0.1, -0.05) is 20.8 Å². The fourth-order valence-electron chi connectivity index (χ4n) is 2.33. The van der Waals surface area contributed by atoms with Crippen LogP contribution < -0.4 is 10.2 Å². The highest BCUT2D eigenvalue weighted by molar-refractivity contribution is 5.90. The van der Waals surface area contributed by atoms with Crippen molar-refractivity contribution in [2.24, 2.45) is 5.41 Å². The molecule has 1 aromatic rings. The molecule has 0 atom stereocenters. The number of nitrogens with zero attached hydrogens (tertiary/aromatic N) is 3. The van der Waals surface area contributed by atoms with Crippen molar-refractivity contribution in [1.29, 1.82) is 0 Å². The Balaban J connectivity index is 1.92. The van der Waals surface area contributed by atoms with Crippen LogP contribution in [-0.2, 0) is 4.79 Å². The number of amides is 1. The average molecular weight is 276 g/mol. The van der Waals surface area contributed by atoms with Gasteiger partial charge >= 0.3 is 0 Å². The lowest BCUT2D eigenvalue weighted by Crippen LogP contribution is -2.31. The molecule has 1 N–H and O–H groups in total. The molecule has 5 heteroatoms. The zero-order valence-corrected chi connectivity index (χ0v) is 12.6. The van der Waals surface area contributed by atoms with Gasteiger partial charge in [0.1, 0.15) is 0 Å². The van der Waals surface area contributed by atoms with Gasteiger partial charge in [0, 0.05) is 19.5 Å². The quantitative estimate of drug-likeness (QED) is 0.922. The van der Waals surface area contributed by atoms with Gasteiger partial charge in [-0.2, -0.15) is 0 Å². The molecule has 5 nitrogen and oxygen atoms in total. The van der Waals surface area contributed by atoms with Crippen LogP contribution in [0.25, 0.3) is 0 Å². The molecular formula is C15H24N4O. The van der Waals surface area contributed by atoms with Crippen molar-refractivity contribution < 1.29 is 4.79 Å². The van der Waals surface area contributed by atoms with Gasteiger partial charge in [0.2, 0.25) is 11.9 Å². The van der Waals surface area contributed by atoms with Gasteiger partial charge in [-0.3, -0.25) is 4.79 Å². The van der Waals surface area contributed by atoms with Gasteiger partial charge < -0.3 is 10.2 Å². The maximum Gasteiger partial charge on any atom is 0.225 e. The van der Waals surface area contributed by atoms with Crippen molar-refractivity contribution in [1.82, 2.24) is 9.97 Å². The van der Waals surface area contributed by atoms with E-state index in [4.69, 9.17) is 0 Å². The lowest BCUT2D eigenvalue weighted by molar-refractivity contribution is -0.117. The van der Waals surface area contributed by atoms with Gasteiger partial charge in [0.15, 0.2) is 0 Å². The first-order chi connectivity index (χ1) is 9.44. The van der Waals surface area contributed by atoms with Crippen LogP contribution in [0, 0.1) is 5.41 Å². The molecule has 1 fully saturated rings.